The number of pyridine rings is 1. The highest BCUT2D eigenvalue weighted by atomic mass is 16.2. The normalized spacial score (nSPS) is 14.3. The third kappa shape index (κ3) is 4.38. The van der Waals surface area contributed by atoms with Crippen molar-refractivity contribution in [1.82, 2.24) is 19.7 Å². The lowest BCUT2D eigenvalue weighted by atomic mass is 10.2. The smallest absolute Gasteiger partial charge is 0.252 e. The summed E-state index contributed by atoms with van der Waals surface area (Å²) in [7, 11) is 0. The Balaban J connectivity index is 1.65. The Morgan fingerprint density at radius 2 is 2.00 bits per heavy atom. The summed E-state index contributed by atoms with van der Waals surface area (Å²) >= 11 is 0. The predicted octanol–water partition coefficient (Wildman–Crippen LogP) is 1.38. The predicted molar refractivity (Wildman–Crippen MR) is 97.0 cm³/mol. The van der Waals surface area contributed by atoms with Crippen LogP contribution in [0, 0.1) is 0 Å². The minimum atomic E-state index is -0.373. The van der Waals surface area contributed by atoms with Crippen LogP contribution in [0.5, 0.6) is 0 Å². The summed E-state index contributed by atoms with van der Waals surface area (Å²) < 4.78 is 2.92. The van der Waals surface area contributed by atoms with Gasteiger partial charge in [-0.1, -0.05) is 12.8 Å². The molecule has 1 aliphatic carbocycles. The fourth-order valence-electron chi connectivity index (χ4n) is 3.07. The molecule has 0 spiro atoms. The van der Waals surface area contributed by atoms with Gasteiger partial charge in [0.2, 0.25) is 5.91 Å². The maximum Gasteiger partial charge on any atom is 0.252 e. The molecule has 0 atom stereocenters. The zero-order valence-electron chi connectivity index (χ0n) is 14.8. The minimum Gasteiger partial charge on any atom is -0.349 e. The van der Waals surface area contributed by atoms with Gasteiger partial charge in [0.05, 0.1) is 5.56 Å². The van der Waals surface area contributed by atoms with E-state index < -0.39 is 0 Å². The molecule has 0 bridgehead atoms. The molecular weight excluding hydrogens is 334 g/mol. The second-order valence-corrected chi connectivity index (χ2v) is 6.44. The molecule has 2 aromatic heterocycles. The van der Waals surface area contributed by atoms with Crippen LogP contribution >= 0.6 is 0 Å². The first kappa shape index (κ1) is 17.9. The second kappa shape index (κ2) is 7.99. The van der Waals surface area contributed by atoms with Crippen molar-refractivity contribution in [2.75, 3.05) is 5.32 Å². The molecule has 8 heteroatoms. The average Bonchev–Trinajstić information content (AvgIpc) is 3.28. The highest BCUT2D eigenvalue weighted by Crippen LogP contribution is 2.18. The van der Waals surface area contributed by atoms with E-state index in [2.05, 4.69) is 15.7 Å². The maximum absolute atomic E-state index is 12.3. The van der Waals surface area contributed by atoms with Crippen LogP contribution in [0.4, 0.5) is 5.82 Å². The Morgan fingerprint density at radius 3 is 2.69 bits per heavy atom. The molecule has 1 fully saturated rings. The summed E-state index contributed by atoms with van der Waals surface area (Å²) in [5.74, 6) is -0.158. The van der Waals surface area contributed by atoms with Crippen LogP contribution in [0.25, 0.3) is 0 Å². The van der Waals surface area contributed by atoms with E-state index in [4.69, 9.17) is 0 Å². The molecule has 0 aromatic carbocycles. The first-order chi connectivity index (χ1) is 12.5. The molecular formula is C18H23N5O3. The molecule has 1 saturated carbocycles. The Bertz CT molecular complexity index is 849. The van der Waals surface area contributed by atoms with Crippen LogP contribution in [-0.2, 0) is 17.9 Å². The van der Waals surface area contributed by atoms with Crippen molar-refractivity contribution < 1.29 is 9.59 Å². The van der Waals surface area contributed by atoms with Crippen LogP contribution in [0.15, 0.2) is 35.4 Å². The van der Waals surface area contributed by atoms with Crippen LogP contribution in [0.2, 0.25) is 0 Å². The van der Waals surface area contributed by atoms with Crippen LogP contribution in [-0.4, -0.2) is 32.2 Å². The van der Waals surface area contributed by atoms with Gasteiger partial charge in [0, 0.05) is 37.1 Å². The molecule has 2 N–H and O–H groups in total. The van der Waals surface area contributed by atoms with Gasteiger partial charge >= 0.3 is 0 Å². The molecule has 138 valence electrons. The first-order valence-electron chi connectivity index (χ1n) is 8.90. The van der Waals surface area contributed by atoms with Gasteiger partial charge in [0.1, 0.15) is 6.54 Å². The number of nitrogens with zero attached hydrogens (tertiary/aromatic N) is 3. The zero-order chi connectivity index (χ0) is 18.5. The van der Waals surface area contributed by atoms with Gasteiger partial charge in [-0.2, -0.15) is 5.10 Å². The number of amides is 2. The van der Waals surface area contributed by atoms with E-state index in [-0.39, 0.29) is 30.0 Å². The molecule has 2 aromatic rings. The van der Waals surface area contributed by atoms with E-state index in [0.717, 1.165) is 25.7 Å². The largest absolute Gasteiger partial charge is 0.349 e. The number of hydrogen-bond donors (Lipinski definition) is 2. The monoisotopic (exact) mass is 357 g/mol. The Morgan fingerprint density at radius 1 is 1.23 bits per heavy atom. The summed E-state index contributed by atoms with van der Waals surface area (Å²) in [4.78, 5) is 36.5. The van der Waals surface area contributed by atoms with E-state index >= 15 is 0 Å². The van der Waals surface area contributed by atoms with Crippen molar-refractivity contribution in [3.05, 3.63) is 46.5 Å². The third-order valence-electron chi connectivity index (χ3n) is 4.48. The number of aryl methyl sites for hydroxylation is 1. The van der Waals surface area contributed by atoms with Gasteiger partial charge in [0.15, 0.2) is 5.82 Å². The highest BCUT2D eigenvalue weighted by Gasteiger charge is 2.18. The zero-order valence-corrected chi connectivity index (χ0v) is 14.8. The van der Waals surface area contributed by atoms with E-state index in [1.165, 1.54) is 22.9 Å². The lowest BCUT2D eigenvalue weighted by Crippen LogP contribution is -2.34. The molecule has 2 heterocycles. The van der Waals surface area contributed by atoms with Gasteiger partial charge in [-0.25, -0.2) is 0 Å². The van der Waals surface area contributed by atoms with Crippen LogP contribution in [0.1, 0.15) is 43.0 Å². The molecule has 0 saturated heterocycles. The summed E-state index contributed by atoms with van der Waals surface area (Å²) in [5.41, 5.74) is 0.0382. The van der Waals surface area contributed by atoms with Crippen molar-refractivity contribution in [3.63, 3.8) is 0 Å². The number of carbonyl (C=O) groups excluding carboxylic acids is 2. The number of aromatic nitrogens is 3. The molecule has 3 rings (SSSR count). The van der Waals surface area contributed by atoms with Gasteiger partial charge in [0.25, 0.3) is 11.5 Å². The summed E-state index contributed by atoms with van der Waals surface area (Å²) in [6.07, 6.45) is 7.40. The number of rotatable bonds is 6. The lowest BCUT2D eigenvalue weighted by molar-refractivity contribution is -0.116. The third-order valence-corrected chi connectivity index (χ3v) is 4.48. The van der Waals surface area contributed by atoms with Crippen molar-refractivity contribution in [1.29, 1.82) is 0 Å². The Hall–Kier alpha value is -2.90. The molecule has 26 heavy (non-hydrogen) atoms. The number of carbonyl (C=O) groups is 2. The summed E-state index contributed by atoms with van der Waals surface area (Å²) in [6.45, 7) is 2.47. The average molecular weight is 357 g/mol. The molecule has 1 aliphatic rings. The standard InChI is InChI=1S/C18H23N5O3/c1-2-23-10-9-15(21-23)20-16(24)12-22-11-13(7-8-17(22)25)18(26)19-14-5-3-4-6-14/h7-11,14H,2-6,12H2,1H3,(H,19,26)(H,20,21,24). The molecule has 0 aliphatic heterocycles. The number of hydrogen-bond acceptors (Lipinski definition) is 4. The Labute approximate surface area is 151 Å². The van der Waals surface area contributed by atoms with Crippen LogP contribution < -0.4 is 16.2 Å². The summed E-state index contributed by atoms with van der Waals surface area (Å²) in [6, 6.07) is 4.68. The van der Waals surface area contributed by atoms with Crippen molar-refractivity contribution in [2.24, 2.45) is 0 Å². The van der Waals surface area contributed by atoms with E-state index in [9.17, 15) is 14.4 Å². The molecule has 2 amide bonds. The quantitative estimate of drug-likeness (QED) is 0.816. The van der Waals surface area contributed by atoms with Gasteiger partial charge in [-0.15, -0.1) is 0 Å². The van der Waals surface area contributed by atoms with E-state index in [1.807, 2.05) is 6.92 Å². The lowest BCUT2D eigenvalue weighted by Gasteiger charge is -2.13. The molecule has 8 nitrogen and oxygen atoms in total. The van der Waals surface area contributed by atoms with Gasteiger partial charge < -0.3 is 15.2 Å². The maximum atomic E-state index is 12.3. The molecule has 0 unspecified atom stereocenters. The summed E-state index contributed by atoms with van der Waals surface area (Å²) in [5, 5.41) is 9.79. The van der Waals surface area contributed by atoms with Crippen LogP contribution in [0.3, 0.4) is 0 Å². The SMILES string of the molecule is CCn1ccc(NC(=O)Cn2cc(C(=O)NC3CCCC3)ccc2=O)n1. The van der Waals surface area contributed by atoms with Crippen molar-refractivity contribution >= 4 is 17.6 Å². The topological polar surface area (TPSA) is 98.0 Å². The highest BCUT2D eigenvalue weighted by molar-refractivity contribution is 5.94. The van der Waals surface area contributed by atoms with Gasteiger partial charge in [-0.3, -0.25) is 19.1 Å². The first-order valence-corrected chi connectivity index (χ1v) is 8.90. The molecule has 0 radical (unpaired) electrons. The fourth-order valence-corrected chi connectivity index (χ4v) is 3.07. The minimum absolute atomic E-state index is 0.178. The van der Waals surface area contributed by atoms with Crippen molar-refractivity contribution in [2.45, 2.75) is 51.7 Å². The van der Waals surface area contributed by atoms with E-state index in [1.54, 1.807) is 16.9 Å². The number of anilines is 1. The second-order valence-electron chi connectivity index (χ2n) is 6.44. The van der Waals surface area contributed by atoms with Gasteiger partial charge in [-0.05, 0) is 25.8 Å². The number of nitrogens with one attached hydrogen (secondary N) is 2. The van der Waals surface area contributed by atoms with Crippen molar-refractivity contribution in [3.8, 4) is 0 Å². The Kier molecular flexibility index (Phi) is 5.50. The fraction of sp³-hybridized carbons (Fsp3) is 0.444. The van der Waals surface area contributed by atoms with E-state index in [0.29, 0.717) is 17.9 Å².